The number of alkyl halides is 2. The minimum absolute atomic E-state index is 0.343. The summed E-state index contributed by atoms with van der Waals surface area (Å²) < 4.78 is 27.2. The van der Waals surface area contributed by atoms with Gasteiger partial charge in [-0.3, -0.25) is 0 Å². The molecule has 0 aliphatic carbocycles. The van der Waals surface area contributed by atoms with Crippen LogP contribution in [0.25, 0.3) is 0 Å². The van der Waals surface area contributed by atoms with Gasteiger partial charge in [0.15, 0.2) is 0 Å². The molecule has 0 amide bonds. The average molecular weight is 326 g/mol. The Labute approximate surface area is 131 Å². The summed E-state index contributed by atoms with van der Waals surface area (Å²) in [6.07, 6.45) is 2.46. The van der Waals surface area contributed by atoms with E-state index in [1.807, 2.05) is 4.90 Å². The predicted molar refractivity (Wildman–Crippen MR) is 81.1 cm³/mol. The molecule has 0 aromatic carbocycles. The molecule has 22 heavy (non-hydrogen) atoms. The van der Waals surface area contributed by atoms with E-state index in [2.05, 4.69) is 20.3 Å². The van der Waals surface area contributed by atoms with Crippen LogP contribution in [-0.2, 0) is 12.3 Å². The Morgan fingerprint density at radius 3 is 2.77 bits per heavy atom. The molecular formula is C14H14ClF2N5. The first-order valence-electron chi connectivity index (χ1n) is 6.75. The third-order valence-electron chi connectivity index (χ3n) is 3.46. The molecule has 2 aromatic rings. The van der Waals surface area contributed by atoms with Gasteiger partial charge in [0.05, 0.1) is 5.69 Å². The number of fused-ring (bicyclic) bond motifs is 1. The molecule has 0 unspecified atom stereocenters. The number of hydrogen-bond acceptors (Lipinski definition) is 5. The number of hydrogen-bond donors (Lipinski definition) is 1. The van der Waals surface area contributed by atoms with Crippen LogP contribution in [0.1, 0.15) is 18.3 Å². The summed E-state index contributed by atoms with van der Waals surface area (Å²) in [7, 11) is 1.63. The summed E-state index contributed by atoms with van der Waals surface area (Å²) in [5.74, 6) is -2.87. The standard InChI is InChI=1S/C14H14ClF2N5/c1-14(16,17)13-20-11(18-2)6-12(21-13)22-4-3-8-7-19-10(15)5-9(8)22/h5-7H,3-4H2,1-2H3,(H,18,20,21). The quantitative estimate of drug-likeness (QED) is 0.877. The Hall–Kier alpha value is -2.02. The maximum Gasteiger partial charge on any atom is 0.303 e. The third kappa shape index (κ3) is 2.68. The third-order valence-corrected chi connectivity index (χ3v) is 3.67. The smallest absolute Gasteiger partial charge is 0.303 e. The minimum Gasteiger partial charge on any atom is -0.373 e. The van der Waals surface area contributed by atoms with E-state index in [9.17, 15) is 8.78 Å². The Kier molecular flexibility index (Phi) is 3.60. The molecule has 3 rings (SSSR count). The molecule has 0 atom stereocenters. The van der Waals surface area contributed by atoms with Crippen molar-refractivity contribution in [3.63, 3.8) is 0 Å². The summed E-state index contributed by atoms with van der Waals surface area (Å²) >= 11 is 5.94. The highest BCUT2D eigenvalue weighted by Crippen LogP contribution is 2.36. The van der Waals surface area contributed by atoms with Crippen LogP contribution in [0.2, 0.25) is 5.15 Å². The SMILES string of the molecule is CNc1cc(N2CCc3cnc(Cl)cc32)nc(C(C)(F)F)n1. The first-order valence-corrected chi connectivity index (χ1v) is 7.13. The predicted octanol–water partition coefficient (Wildman–Crippen LogP) is 3.37. The molecule has 0 spiro atoms. The molecule has 0 saturated heterocycles. The number of halogens is 3. The van der Waals surface area contributed by atoms with Crippen LogP contribution in [0.15, 0.2) is 18.3 Å². The molecule has 0 bridgehead atoms. The summed E-state index contributed by atoms with van der Waals surface area (Å²) in [5, 5.41) is 3.15. The van der Waals surface area contributed by atoms with Gasteiger partial charge in [-0.25, -0.2) is 15.0 Å². The van der Waals surface area contributed by atoms with Crippen molar-refractivity contribution in [2.24, 2.45) is 0 Å². The molecule has 3 heterocycles. The van der Waals surface area contributed by atoms with Crippen LogP contribution in [0, 0.1) is 0 Å². The highest BCUT2D eigenvalue weighted by Gasteiger charge is 2.31. The van der Waals surface area contributed by atoms with Gasteiger partial charge in [0.1, 0.15) is 16.8 Å². The van der Waals surface area contributed by atoms with E-state index in [0.717, 1.165) is 24.6 Å². The zero-order valence-electron chi connectivity index (χ0n) is 12.1. The lowest BCUT2D eigenvalue weighted by atomic mass is 10.2. The molecule has 1 aliphatic rings. The second kappa shape index (κ2) is 5.31. The van der Waals surface area contributed by atoms with Crippen LogP contribution in [0.3, 0.4) is 0 Å². The first kappa shape index (κ1) is 14.9. The van der Waals surface area contributed by atoms with Crippen molar-refractivity contribution >= 4 is 28.9 Å². The topological polar surface area (TPSA) is 53.9 Å². The van der Waals surface area contributed by atoms with Crippen molar-refractivity contribution in [1.82, 2.24) is 15.0 Å². The number of nitrogens with one attached hydrogen (secondary N) is 1. The number of pyridine rings is 1. The van der Waals surface area contributed by atoms with Gasteiger partial charge in [-0.05, 0) is 18.1 Å². The lowest BCUT2D eigenvalue weighted by Gasteiger charge is -2.21. The average Bonchev–Trinajstić information content (AvgIpc) is 2.88. The summed E-state index contributed by atoms with van der Waals surface area (Å²) in [5.41, 5.74) is 1.85. The number of nitrogens with zero attached hydrogens (tertiary/aromatic N) is 4. The van der Waals surface area contributed by atoms with E-state index >= 15 is 0 Å². The van der Waals surface area contributed by atoms with Crippen LogP contribution in [-0.4, -0.2) is 28.5 Å². The number of aromatic nitrogens is 3. The number of rotatable bonds is 3. The molecular weight excluding hydrogens is 312 g/mol. The largest absolute Gasteiger partial charge is 0.373 e. The zero-order valence-corrected chi connectivity index (χ0v) is 12.8. The van der Waals surface area contributed by atoms with Crippen LogP contribution < -0.4 is 10.2 Å². The van der Waals surface area contributed by atoms with E-state index in [1.165, 1.54) is 0 Å². The monoisotopic (exact) mass is 325 g/mol. The lowest BCUT2D eigenvalue weighted by Crippen LogP contribution is -2.20. The summed E-state index contributed by atoms with van der Waals surface area (Å²) in [4.78, 5) is 13.7. The Bertz CT molecular complexity index is 717. The summed E-state index contributed by atoms with van der Waals surface area (Å²) in [6, 6.07) is 3.35. The van der Waals surface area contributed by atoms with E-state index in [0.29, 0.717) is 23.3 Å². The van der Waals surface area contributed by atoms with E-state index in [1.54, 1.807) is 25.4 Å². The maximum atomic E-state index is 13.6. The molecule has 0 radical (unpaired) electrons. The highest BCUT2D eigenvalue weighted by molar-refractivity contribution is 6.29. The van der Waals surface area contributed by atoms with Gasteiger partial charge in [-0.2, -0.15) is 8.78 Å². The van der Waals surface area contributed by atoms with Crippen molar-refractivity contribution in [3.8, 4) is 0 Å². The Balaban J connectivity index is 2.09. The Morgan fingerprint density at radius 2 is 2.09 bits per heavy atom. The van der Waals surface area contributed by atoms with Crippen LogP contribution in [0.5, 0.6) is 0 Å². The molecule has 0 fully saturated rings. The van der Waals surface area contributed by atoms with E-state index in [-0.39, 0.29) is 0 Å². The van der Waals surface area contributed by atoms with Crippen LogP contribution >= 0.6 is 11.6 Å². The van der Waals surface area contributed by atoms with Gasteiger partial charge < -0.3 is 10.2 Å². The fourth-order valence-electron chi connectivity index (χ4n) is 2.38. The fraction of sp³-hybridized carbons (Fsp3) is 0.357. The van der Waals surface area contributed by atoms with Crippen molar-refractivity contribution in [3.05, 3.63) is 34.9 Å². The zero-order chi connectivity index (χ0) is 15.9. The Morgan fingerprint density at radius 1 is 1.32 bits per heavy atom. The van der Waals surface area contributed by atoms with Gasteiger partial charge in [0.2, 0.25) is 5.82 Å². The summed E-state index contributed by atoms with van der Waals surface area (Å²) in [6.45, 7) is 1.41. The molecule has 1 N–H and O–H groups in total. The first-order chi connectivity index (χ1) is 10.4. The van der Waals surface area contributed by atoms with Crippen molar-refractivity contribution in [2.75, 3.05) is 23.8 Å². The van der Waals surface area contributed by atoms with Gasteiger partial charge in [-0.1, -0.05) is 11.6 Å². The highest BCUT2D eigenvalue weighted by atomic mass is 35.5. The van der Waals surface area contributed by atoms with Gasteiger partial charge in [0, 0.05) is 32.8 Å². The second-order valence-corrected chi connectivity index (χ2v) is 5.50. The second-order valence-electron chi connectivity index (χ2n) is 5.11. The number of anilines is 3. The molecule has 1 aliphatic heterocycles. The van der Waals surface area contributed by atoms with Crippen molar-refractivity contribution in [2.45, 2.75) is 19.3 Å². The fourth-order valence-corrected chi connectivity index (χ4v) is 2.53. The van der Waals surface area contributed by atoms with Crippen molar-refractivity contribution in [1.29, 1.82) is 0 Å². The molecule has 0 saturated carbocycles. The molecule has 116 valence electrons. The normalized spacial score (nSPS) is 14.1. The van der Waals surface area contributed by atoms with Gasteiger partial charge in [0.25, 0.3) is 0 Å². The van der Waals surface area contributed by atoms with Gasteiger partial charge in [-0.15, -0.1) is 0 Å². The van der Waals surface area contributed by atoms with E-state index < -0.39 is 11.7 Å². The molecule has 8 heteroatoms. The minimum atomic E-state index is -3.11. The van der Waals surface area contributed by atoms with Crippen LogP contribution in [0.4, 0.5) is 26.1 Å². The van der Waals surface area contributed by atoms with Crippen molar-refractivity contribution < 1.29 is 8.78 Å². The van der Waals surface area contributed by atoms with E-state index in [4.69, 9.17) is 11.6 Å². The maximum absolute atomic E-state index is 13.6. The lowest BCUT2D eigenvalue weighted by molar-refractivity contribution is 0.00794. The molecule has 5 nitrogen and oxygen atoms in total. The molecule has 2 aromatic heterocycles. The van der Waals surface area contributed by atoms with Gasteiger partial charge >= 0.3 is 5.92 Å².